The molecule has 2 aromatic rings. The number of rotatable bonds is 5. The fourth-order valence-electron chi connectivity index (χ4n) is 4.15. The second-order valence-corrected chi connectivity index (χ2v) is 7.96. The van der Waals surface area contributed by atoms with Crippen molar-refractivity contribution in [2.24, 2.45) is 5.92 Å². The van der Waals surface area contributed by atoms with E-state index in [0.717, 1.165) is 17.8 Å². The minimum absolute atomic E-state index is 0.0102. The lowest BCUT2D eigenvalue weighted by molar-refractivity contribution is -0.130. The maximum atomic E-state index is 12.9. The molecule has 164 valence electrons. The number of nitrogens with zero attached hydrogens (tertiary/aromatic N) is 4. The van der Waals surface area contributed by atoms with E-state index in [1.807, 2.05) is 27.7 Å². The monoisotopic (exact) mass is 427 g/mol. The van der Waals surface area contributed by atoms with Crippen LogP contribution in [0.4, 0.5) is 0 Å². The predicted octanol–water partition coefficient (Wildman–Crippen LogP) is 0.287. The highest BCUT2D eigenvalue weighted by Crippen LogP contribution is 2.32. The molecular weight excluding hydrogens is 402 g/mol. The molecule has 0 aliphatic carbocycles. The summed E-state index contributed by atoms with van der Waals surface area (Å²) in [5, 5.41) is 11.5. The van der Waals surface area contributed by atoms with Gasteiger partial charge in [0.1, 0.15) is 5.82 Å². The first-order valence-corrected chi connectivity index (χ1v) is 10.6. The highest BCUT2D eigenvalue weighted by Gasteiger charge is 2.25. The number of aromatic nitrogens is 3. The average Bonchev–Trinajstić information content (AvgIpc) is 3.51. The van der Waals surface area contributed by atoms with Crippen LogP contribution in [0.25, 0.3) is 0 Å². The summed E-state index contributed by atoms with van der Waals surface area (Å²) < 4.78 is 18.0. The Balaban J connectivity index is 1.18. The summed E-state index contributed by atoms with van der Waals surface area (Å²) >= 11 is 0. The van der Waals surface area contributed by atoms with Crippen molar-refractivity contribution in [1.29, 1.82) is 0 Å². The van der Waals surface area contributed by atoms with Crippen molar-refractivity contribution in [2.45, 2.75) is 32.4 Å². The number of carbonyl (C=O) groups is 2. The van der Waals surface area contributed by atoms with E-state index < -0.39 is 0 Å². The van der Waals surface area contributed by atoms with Gasteiger partial charge in [-0.15, -0.1) is 10.2 Å². The highest BCUT2D eigenvalue weighted by molar-refractivity contribution is 5.79. The van der Waals surface area contributed by atoms with Gasteiger partial charge >= 0.3 is 0 Å². The van der Waals surface area contributed by atoms with Crippen molar-refractivity contribution in [2.75, 3.05) is 33.1 Å². The fraction of sp³-hybridized carbons (Fsp3) is 0.524. The molecule has 0 bridgehead atoms. The van der Waals surface area contributed by atoms with Gasteiger partial charge in [0, 0.05) is 32.7 Å². The van der Waals surface area contributed by atoms with Gasteiger partial charge in [0.2, 0.25) is 18.6 Å². The summed E-state index contributed by atoms with van der Waals surface area (Å²) in [6.45, 7) is 3.42. The van der Waals surface area contributed by atoms with E-state index in [0.29, 0.717) is 69.6 Å². The molecule has 1 fully saturated rings. The molecule has 2 amide bonds. The fourth-order valence-corrected chi connectivity index (χ4v) is 4.15. The quantitative estimate of drug-likeness (QED) is 0.731. The molecule has 10 nitrogen and oxygen atoms in total. The van der Waals surface area contributed by atoms with E-state index in [4.69, 9.17) is 14.2 Å². The van der Waals surface area contributed by atoms with E-state index in [-0.39, 0.29) is 24.5 Å². The largest absolute Gasteiger partial charge is 0.454 e. The maximum Gasteiger partial charge on any atom is 0.231 e. The highest BCUT2D eigenvalue weighted by atomic mass is 16.7. The number of hydrogen-bond acceptors (Lipinski definition) is 7. The standard InChI is InChI=1S/C21H25N5O5/c27-20(10-14-1-2-16-17(9-14)31-13-30-16)25-5-3-18-23-24-19(26(18)7-6-25)11-22-21(28)15-4-8-29-12-15/h1-2,9,15H,3-8,10-13H2,(H,22,28)/t15-/m1/s1. The molecule has 1 aromatic heterocycles. The Hall–Kier alpha value is -3.14. The second-order valence-electron chi connectivity index (χ2n) is 7.96. The number of carbonyl (C=O) groups excluding carboxylic acids is 2. The molecular formula is C21H25N5O5. The van der Waals surface area contributed by atoms with Gasteiger partial charge < -0.3 is 29.0 Å². The number of fused-ring (bicyclic) bond motifs is 2. The van der Waals surface area contributed by atoms with Crippen LogP contribution >= 0.6 is 0 Å². The average molecular weight is 427 g/mol. The van der Waals surface area contributed by atoms with Gasteiger partial charge in [-0.3, -0.25) is 9.59 Å². The molecule has 0 spiro atoms. The molecule has 0 saturated carbocycles. The predicted molar refractivity (Wildman–Crippen MR) is 107 cm³/mol. The zero-order valence-electron chi connectivity index (χ0n) is 17.2. The summed E-state index contributed by atoms with van der Waals surface area (Å²) in [4.78, 5) is 27.0. The zero-order valence-corrected chi connectivity index (χ0v) is 17.2. The van der Waals surface area contributed by atoms with Crippen LogP contribution in [0, 0.1) is 5.92 Å². The third-order valence-electron chi connectivity index (χ3n) is 5.97. The Morgan fingerprint density at radius 3 is 2.90 bits per heavy atom. The minimum atomic E-state index is -0.0872. The molecule has 1 N–H and O–H groups in total. The molecule has 3 aliphatic rings. The lowest BCUT2D eigenvalue weighted by Crippen LogP contribution is -2.35. The summed E-state index contributed by atoms with van der Waals surface area (Å²) in [5.74, 6) is 2.92. The van der Waals surface area contributed by atoms with E-state index in [9.17, 15) is 9.59 Å². The molecule has 1 saturated heterocycles. The van der Waals surface area contributed by atoms with Gasteiger partial charge in [0.25, 0.3) is 0 Å². The maximum absolute atomic E-state index is 12.9. The molecule has 5 rings (SSSR count). The SMILES string of the molecule is O=C(NCc1nnc2n1CCN(C(=O)Cc1ccc3c(c1)OCO3)CC2)[C@@H]1CCOC1. The van der Waals surface area contributed by atoms with Crippen LogP contribution in [-0.2, 0) is 40.3 Å². The summed E-state index contributed by atoms with van der Waals surface area (Å²) in [7, 11) is 0. The minimum Gasteiger partial charge on any atom is -0.454 e. The number of ether oxygens (including phenoxy) is 3. The van der Waals surface area contributed by atoms with Crippen molar-refractivity contribution < 1.29 is 23.8 Å². The van der Waals surface area contributed by atoms with E-state index >= 15 is 0 Å². The molecule has 0 unspecified atom stereocenters. The number of benzene rings is 1. The van der Waals surface area contributed by atoms with Crippen molar-refractivity contribution >= 4 is 11.8 Å². The van der Waals surface area contributed by atoms with E-state index in [2.05, 4.69) is 15.5 Å². The Kier molecular flexibility index (Phi) is 5.46. The van der Waals surface area contributed by atoms with Crippen LogP contribution in [0.2, 0.25) is 0 Å². The summed E-state index contributed by atoms with van der Waals surface area (Å²) in [5.41, 5.74) is 0.900. The third kappa shape index (κ3) is 4.20. The second kappa shape index (κ2) is 8.54. The van der Waals surface area contributed by atoms with Gasteiger partial charge in [0.15, 0.2) is 17.3 Å². The van der Waals surface area contributed by atoms with Crippen LogP contribution in [0.1, 0.15) is 23.6 Å². The van der Waals surface area contributed by atoms with Crippen LogP contribution in [0.3, 0.4) is 0 Å². The normalized spacial score (nSPS) is 19.7. The molecule has 4 heterocycles. The zero-order chi connectivity index (χ0) is 21.2. The number of amides is 2. The van der Waals surface area contributed by atoms with Crippen molar-refractivity contribution in [3.05, 3.63) is 35.4 Å². The van der Waals surface area contributed by atoms with Crippen molar-refractivity contribution in [3.63, 3.8) is 0 Å². The Labute approximate surface area is 179 Å². The van der Waals surface area contributed by atoms with Crippen LogP contribution < -0.4 is 14.8 Å². The first-order chi connectivity index (χ1) is 15.2. The van der Waals surface area contributed by atoms with E-state index in [1.165, 1.54) is 0 Å². The van der Waals surface area contributed by atoms with Crippen molar-refractivity contribution in [1.82, 2.24) is 25.0 Å². The third-order valence-corrected chi connectivity index (χ3v) is 5.97. The summed E-state index contributed by atoms with van der Waals surface area (Å²) in [6, 6.07) is 5.60. The van der Waals surface area contributed by atoms with Crippen LogP contribution in [0.5, 0.6) is 11.5 Å². The summed E-state index contributed by atoms with van der Waals surface area (Å²) in [6.07, 6.45) is 1.69. The van der Waals surface area contributed by atoms with Gasteiger partial charge in [-0.2, -0.15) is 0 Å². The van der Waals surface area contributed by atoms with E-state index in [1.54, 1.807) is 0 Å². The smallest absolute Gasteiger partial charge is 0.231 e. The van der Waals surface area contributed by atoms with Gasteiger partial charge in [-0.05, 0) is 24.1 Å². The Bertz CT molecular complexity index is 985. The van der Waals surface area contributed by atoms with Crippen LogP contribution in [0.15, 0.2) is 18.2 Å². The molecule has 31 heavy (non-hydrogen) atoms. The molecule has 0 radical (unpaired) electrons. The lowest BCUT2D eigenvalue weighted by atomic mass is 10.1. The van der Waals surface area contributed by atoms with Crippen molar-refractivity contribution in [3.8, 4) is 11.5 Å². The molecule has 1 atom stereocenters. The molecule has 10 heteroatoms. The molecule has 3 aliphatic heterocycles. The topological polar surface area (TPSA) is 108 Å². The molecule has 1 aromatic carbocycles. The van der Waals surface area contributed by atoms with Gasteiger partial charge in [-0.1, -0.05) is 6.07 Å². The van der Waals surface area contributed by atoms with Gasteiger partial charge in [0.05, 0.1) is 25.5 Å². The number of nitrogens with one attached hydrogen (secondary N) is 1. The van der Waals surface area contributed by atoms with Gasteiger partial charge in [-0.25, -0.2) is 0 Å². The number of hydrogen-bond donors (Lipinski definition) is 1. The lowest BCUT2D eigenvalue weighted by Gasteiger charge is -2.20. The Morgan fingerprint density at radius 2 is 2.03 bits per heavy atom. The van der Waals surface area contributed by atoms with Crippen LogP contribution in [-0.4, -0.2) is 64.6 Å². The first-order valence-electron chi connectivity index (χ1n) is 10.6. The first kappa shape index (κ1) is 19.8. The Morgan fingerprint density at radius 1 is 1.13 bits per heavy atom.